The molecule has 6 rings (SSSR count). The zero-order chi connectivity index (χ0) is 28.1. The summed E-state index contributed by atoms with van der Waals surface area (Å²) in [6.07, 6.45) is 11.7. The average Bonchev–Trinajstić information content (AvgIpc) is 3.60. The molecule has 0 aliphatic carbocycles. The highest BCUT2D eigenvalue weighted by Crippen LogP contribution is 2.65. The molecule has 0 spiro atoms. The van der Waals surface area contributed by atoms with Crippen molar-refractivity contribution in [3.63, 3.8) is 0 Å². The molecule has 0 N–H and O–H groups in total. The lowest BCUT2D eigenvalue weighted by molar-refractivity contribution is 0.286. The summed E-state index contributed by atoms with van der Waals surface area (Å²) < 4.78 is 0. The summed E-state index contributed by atoms with van der Waals surface area (Å²) in [5, 5.41) is 7.29. The molecule has 4 saturated heterocycles. The van der Waals surface area contributed by atoms with Crippen LogP contribution >= 0.6 is 31.7 Å². The van der Waals surface area contributed by atoms with Crippen molar-refractivity contribution in [2.45, 2.75) is 133 Å². The van der Waals surface area contributed by atoms with Crippen LogP contribution < -0.4 is 21.2 Å². The molecule has 4 fully saturated rings. The van der Waals surface area contributed by atoms with Crippen molar-refractivity contribution in [1.82, 2.24) is 0 Å². The van der Waals surface area contributed by atoms with Gasteiger partial charge in [-0.15, -0.1) is 0 Å². The van der Waals surface area contributed by atoms with E-state index < -0.39 is 0 Å². The third kappa shape index (κ3) is 5.47. The van der Waals surface area contributed by atoms with E-state index in [4.69, 9.17) is 0 Å². The molecule has 4 aliphatic rings. The van der Waals surface area contributed by atoms with E-state index in [-0.39, 0.29) is 31.7 Å². The molecule has 40 heavy (non-hydrogen) atoms. The molecule has 0 radical (unpaired) electrons. The van der Waals surface area contributed by atoms with E-state index in [1.165, 1.54) is 51.1 Å². The second-order valence-corrected chi connectivity index (χ2v) is 25.8. The van der Waals surface area contributed by atoms with Crippen LogP contribution in [-0.2, 0) is 0 Å². The highest BCUT2D eigenvalue weighted by atomic mass is 31.1. The van der Waals surface area contributed by atoms with Gasteiger partial charge in [0.25, 0.3) is 0 Å². The Hall–Kier alpha value is 0.160. The molecule has 4 heteroatoms. The Morgan fingerprint density at radius 1 is 0.475 bits per heavy atom. The van der Waals surface area contributed by atoms with Crippen molar-refractivity contribution in [2.75, 3.05) is 6.16 Å². The quantitative estimate of drug-likeness (QED) is 0.296. The molecule has 5 unspecified atom stereocenters. The van der Waals surface area contributed by atoms with E-state index in [1.54, 1.807) is 0 Å². The third-order valence-corrected chi connectivity index (χ3v) is 25.2. The van der Waals surface area contributed by atoms with Crippen LogP contribution in [0.15, 0.2) is 48.5 Å². The summed E-state index contributed by atoms with van der Waals surface area (Å²) >= 11 is 0. The first-order valence-corrected chi connectivity index (χ1v) is 22.6. The van der Waals surface area contributed by atoms with Crippen LogP contribution in [0.3, 0.4) is 0 Å². The van der Waals surface area contributed by atoms with Crippen molar-refractivity contribution in [3.8, 4) is 0 Å². The van der Waals surface area contributed by atoms with Crippen molar-refractivity contribution in [2.24, 2.45) is 11.8 Å². The standard InChI is InChI=1S/C36H54P4/c1-24-13-12-22-37(24)33-14-8-9-15-34(33)40-28(5)23-32(30(40)7)31-21-20-27(4)39(29(31)6)36-17-11-10-16-35(36)38-25(2)18-19-26(38)3/h8-11,14-17,24-32H,12-13,18-23H2,1-7H3/t24-,25-,26-,27+,28-,29+,30-,31?,32?,37?,39?,40?/m1/s1. The topological polar surface area (TPSA) is 0 Å². The van der Waals surface area contributed by atoms with Crippen LogP contribution in [0, 0.1) is 11.8 Å². The summed E-state index contributed by atoms with van der Waals surface area (Å²) in [6, 6.07) is 19.8. The van der Waals surface area contributed by atoms with Gasteiger partial charge in [0, 0.05) is 0 Å². The van der Waals surface area contributed by atoms with Crippen molar-refractivity contribution in [1.29, 1.82) is 0 Å². The lowest BCUT2D eigenvalue weighted by Crippen LogP contribution is -2.40. The molecule has 218 valence electrons. The normalized spacial score (nSPS) is 42.5. The van der Waals surface area contributed by atoms with Crippen LogP contribution in [0.2, 0.25) is 0 Å². The predicted molar refractivity (Wildman–Crippen MR) is 189 cm³/mol. The lowest BCUT2D eigenvalue weighted by atomic mass is 9.81. The van der Waals surface area contributed by atoms with E-state index in [2.05, 4.69) is 97.0 Å². The fourth-order valence-electron chi connectivity index (χ4n) is 9.54. The maximum Gasteiger partial charge on any atom is -0.0158 e. The Labute approximate surface area is 251 Å². The summed E-state index contributed by atoms with van der Waals surface area (Å²) in [5.41, 5.74) is 6.18. The fraction of sp³-hybridized carbons (Fsp3) is 0.667. The number of hydrogen-bond acceptors (Lipinski definition) is 0. The zero-order valence-electron chi connectivity index (χ0n) is 26.3. The summed E-state index contributed by atoms with van der Waals surface area (Å²) in [5.74, 6) is 1.83. The van der Waals surface area contributed by atoms with E-state index in [0.717, 1.165) is 51.4 Å². The van der Waals surface area contributed by atoms with Gasteiger partial charge in [-0.05, 0) is 124 Å². The Kier molecular flexibility index (Phi) is 9.54. The van der Waals surface area contributed by atoms with Crippen molar-refractivity contribution in [3.05, 3.63) is 48.5 Å². The molecular formula is C36H54P4. The van der Waals surface area contributed by atoms with Crippen LogP contribution in [0.5, 0.6) is 0 Å². The monoisotopic (exact) mass is 610 g/mol. The predicted octanol–water partition coefficient (Wildman–Crippen LogP) is 9.55. The Bertz CT molecular complexity index is 1150. The number of hydrogen-bond donors (Lipinski definition) is 0. The van der Waals surface area contributed by atoms with Gasteiger partial charge in [0.05, 0.1) is 0 Å². The van der Waals surface area contributed by atoms with Gasteiger partial charge in [0.2, 0.25) is 0 Å². The Morgan fingerprint density at radius 2 is 0.950 bits per heavy atom. The highest BCUT2D eigenvalue weighted by Gasteiger charge is 2.48. The second kappa shape index (κ2) is 12.6. The van der Waals surface area contributed by atoms with Crippen molar-refractivity contribution < 1.29 is 0 Å². The fourth-order valence-corrected chi connectivity index (χ4v) is 24.1. The lowest BCUT2D eigenvalue weighted by Gasteiger charge is -2.46. The minimum absolute atomic E-state index is 0.0154. The maximum atomic E-state index is 2.72. The SMILES string of the molecule is C[C@@H]1CCCP1c1ccccc1P1[C@H](C)CC(C2CC[C@H](C)P(c3ccccc3P3[C@H](C)CC[C@H]3C)[C@H]2C)[C@H]1C. The molecule has 2 aromatic rings. The Morgan fingerprint density at radius 3 is 1.55 bits per heavy atom. The third-order valence-electron chi connectivity index (χ3n) is 11.6. The molecule has 12 atom stereocenters. The molecule has 0 aromatic heterocycles. The van der Waals surface area contributed by atoms with Gasteiger partial charge in [0.1, 0.15) is 0 Å². The second-order valence-electron chi connectivity index (χ2n) is 14.0. The van der Waals surface area contributed by atoms with Gasteiger partial charge in [0.15, 0.2) is 0 Å². The number of benzene rings is 2. The van der Waals surface area contributed by atoms with Gasteiger partial charge in [-0.25, -0.2) is 0 Å². The minimum atomic E-state index is -0.114. The minimum Gasteiger partial charge on any atom is -0.0717 e. The molecule has 2 aromatic carbocycles. The smallest absolute Gasteiger partial charge is 0.0158 e. The molecule has 0 amide bonds. The van der Waals surface area contributed by atoms with Gasteiger partial charge < -0.3 is 0 Å². The largest absolute Gasteiger partial charge is 0.0717 e. The molecular weight excluding hydrogens is 556 g/mol. The van der Waals surface area contributed by atoms with E-state index in [0.29, 0.717) is 0 Å². The summed E-state index contributed by atoms with van der Waals surface area (Å²) in [4.78, 5) is 0. The molecule has 0 nitrogen and oxygen atoms in total. The van der Waals surface area contributed by atoms with Crippen molar-refractivity contribution >= 4 is 52.9 Å². The van der Waals surface area contributed by atoms with E-state index in [1.807, 2.05) is 21.2 Å². The molecule has 4 aliphatic heterocycles. The van der Waals surface area contributed by atoms with Gasteiger partial charge in [-0.1, -0.05) is 129 Å². The Balaban J connectivity index is 1.29. The van der Waals surface area contributed by atoms with Crippen LogP contribution in [-0.4, -0.2) is 45.8 Å². The average molecular weight is 611 g/mol. The molecule has 0 bridgehead atoms. The van der Waals surface area contributed by atoms with Crippen LogP contribution in [0.4, 0.5) is 0 Å². The first-order valence-electron chi connectivity index (χ1n) is 16.6. The number of rotatable bonds is 5. The summed E-state index contributed by atoms with van der Waals surface area (Å²) in [6.45, 7) is 18.4. The first kappa shape index (κ1) is 30.2. The first-order chi connectivity index (χ1) is 19.3. The summed E-state index contributed by atoms with van der Waals surface area (Å²) in [7, 11) is -0.162. The maximum absolute atomic E-state index is 2.72. The zero-order valence-corrected chi connectivity index (χ0v) is 29.8. The van der Waals surface area contributed by atoms with Crippen LogP contribution in [0.25, 0.3) is 0 Å². The van der Waals surface area contributed by atoms with E-state index >= 15 is 0 Å². The molecule has 4 heterocycles. The van der Waals surface area contributed by atoms with Crippen LogP contribution in [0.1, 0.15) is 93.4 Å². The van der Waals surface area contributed by atoms with E-state index in [9.17, 15) is 0 Å². The van der Waals surface area contributed by atoms with Gasteiger partial charge in [-0.3, -0.25) is 0 Å². The molecule has 0 saturated carbocycles. The highest BCUT2D eigenvalue weighted by molar-refractivity contribution is 7.74. The van der Waals surface area contributed by atoms with Gasteiger partial charge in [-0.2, -0.15) is 0 Å². The van der Waals surface area contributed by atoms with Gasteiger partial charge >= 0.3 is 0 Å².